The van der Waals surface area contributed by atoms with Gasteiger partial charge in [-0.15, -0.1) is 0 Å². The second-order valence-electron chi connectivity index (χ2n) is 7.40. The van der Waals surface area contributed by atoms with Crippen LogP contribution in [0.4, 0.5) is 5.69 Å². The van der Waals surface area contributed by atoms with Crippen molar-refractivity contribution in [3.63, 3.8) is 0 Å². The second-order valence-corrected chi connectivity index (χ2v) is 9.32. The highest BCUT2D eigenvalue weighted by atomic mass is 32.2. The summed E-state index contributed by atoms with van der Waals surface area (Å²) in [7, 11) is -0.606. The first-order chi connectivity index (χ1) is 15.4. The van der Waals surface area contributed by atoms with Gasteiger partial charge in [-0.2, -0.15) is 0 Å². The van der Waals surface area contributed by atoms with Crippen LogP contribution in [0.3, 0.4) is 0 Å². The zero-order valence-electron chi connectivity index (χ0n) is 18.1. The van der Waals surface area contributed by atoms with E-state index in [4.69, 9.17) is 9.47 Å². The number of methoxy groups -OCH3 is 2. The molecule has 0 unspecified atom stereocenters. The molecule has 7 heteroatoms. The van der Waals surface area contributed by atoms with Crippen molar-refractivity contribution in [1.82, 2.24) is 4.98 Å². The van der Waals surface area contributed by atoms with E-state index in [2.05, 4.69) is 10.3 Å². The lowest BCUT2D eigenvalue weighted by atomic mass is 10.1. The van der Waals surface area contributed by atoms with Crippen molar-refractivity contribution in [2.24, 2.45) is 0 Å². The fraction of sp³-hybridized carbons (Fsp3) is 0.160. The molecule has 4 aromatic rings. The fourth-order valence-corrected chi connectivity index (χ4v) is 4.84. The van der Waals surface area contributed by atoms with E-state index in [1.807, 2.05) is 37.3 Å². The van der Waals surface area contributed by atoms with Gasteiger partial charge >= 0.3 is 0 Å². The largest absolute Gasteiger partial charge is 0.497 e. The average Bonchev–Trinajstić information content (AvgIpc) is 2.82. The molecule has 0 spiro atoms. The van der Waals surface area contributed by atoms with Crippen LogP contribution in [0, 0.1) is 6.92 Å². The van der Waals surface area contributed by atoms with Crippen LogP contribution >= 0.6 is 0 Å². The Balaban J connectivity index is 1.83. The molecule has 0 fully saturated rings. The summed E-state index contributed by atoms with van der Waals surface area (Å²) in [5, 5.41) is 4.01. The highest BCUT2D eigenvalue weighted by Gasteiger charge is 2.24. The minimum atomic E-state index is -3.80. The lowest BCUT2D eigenvalue weighted by molar-refractivity contribution is 0.414. The summed E-state index contributed by atoms with van der Waals surface area (Å²) in [6.45, 7) is 2.35. The van der Waals surface area contributed by atoms with Gasteiger partial charge < -0.3 is 14.8 Å². The summed E-state index contributed by atoms with van der Waals surface area (Å²) in [4.78, 5) is 4.76. The Morgan fingerprint density at radius 1 is 0.875 bits per heavy atom. The predicted molar refractivity (Wildman–Crippen MR) is 125 cm³/mol. The highest BCUT2D eigenvalue weighted by molar-refractivity contribution is 7.91. The monoisotopic (exact) mass is 448 g/mol. The van der Waals surface area contributed by atoms with Crippen LogP contribution < -0.4 is 14.8 Å². The van der Waals surface area contributed by atoms with Crippen LogP contribution in [0.5, 0.6) is 11.5 Å². The molecule has 32 heavy (non-hydrogen) atoms. The molecule has 0 saturated heterocycles. The Hall–Kier alpha value is -3.58. The zero-order valence-corrected chi connectivity index (χ0v) is 18.9. The van der Waals surface area contributed by atoms with E-state index in [1.165, 1.54) is 6.20 Å². The number of aryl methyl sites for hydroxylation is 1. The molecule has 6 nitrogen and oxygen atoms in total. The summed E-state index contributed by atoms with van der Waals surface area (Å²) >= 11 is 0. The molecule has 0 aliphatic carbocycles. The highest BCUT2D eigenvalue weighted by Crippen LogP contribution is 2.35. The van der Waals surface area contributed by atoms with Crippen molar-refractivity contribution >= 4 is 26.4 Å². The molecule has 0 saturated carbocycles. The smallest absolute Gasteiger partial charge is 0.210 e. The molecule has 0 bridgehead atoms. The Bertz CT molecular complexity index is 1350. The number of rotatable bonds is 7. The first kappa shape index (κ1) is 21.6. The van der Waals surface area contributed by atoms with Crippen molar-refractivity contribution in [2.45, 2.75) is 23.3 Å². The number of nitrogens with one attached hydrogen (secondary N) is 1. The number of anilines is 1. The van der Waals surface area contributed by atoms with E-state index >= 15 is 0 Å². The number of hydrogen-bond acceptors (Lipinski definition) is 6. The number of aromatic nitrogens is 1. The first-order valence-electron chi connectivity index (χ1n) is 10.1. The normalized spacial score (nSPS) is 11.3. The van der Waals surface area contributed by atoms with Gasteiger partial charge in [-0.25, -0.2) is 8.42 Å². The van der Waals surface area contributed by atoms with Crippen LogP contribution in [0.25, 0.3) is 10.9 Å². The molecule has 0 radical (unpaired) electrons. The van der Waals surface area contributed by atoms with Crippen LogP contribution in [0.15, 0.2) is 82.7 Å². The second kappa shape index (κ2) is 8.88. The topological polar surface area (TPSA) is 77.5 Å². The molecule has 0 aliphatic heterocycles. The van der Waals surface area contributed by atoms with E-state index in [1.54, 1.807) is 50.6 Å². The molecule has 164 valence electrons. The maximum absolute atomic E-state index is 13.5. The summed E-state index contributed by atoms with van der Waals surface area (Å²) < 4.78 is 37.6. The molecule has 1 aromatic heterocycles. The lowest BCUT2D eigenvalue weighted by Gasteiger charge is -2.16. The number of benzene rings is 3. The van der Waals surface area contributed by atoms with Crippen molar-refractivity contribution < 1.29 is 17.9 Å². The Morgan fingerprint density at radius 2 is 1.53 bits per heavy atom. The SMILES string of the molecule is COc1ccc(CNc2c(S(=O)(=O)c3ccc(C)cc3)cnc3ccc(OC)cc23)cc1. The molecular formula is C25H24N2O4S. The molecule has 0 amide bonds. The standard InChI is InChI=1S/C25H24N2O4S/c1-17-4-11-21(12-5-17)32(28,29)24-16-26-23-13-10-20(31-3)14-22(23)25(24)27-15-18-6-8-19(30-2)9-7-18/h4-14,16H,15H2,1-3H3,(H,26,27). The van der Waals surface area contributed by atoms with Gasteiger partial charge in [0.15, 0.2) is 0 Å². The summed E-state index contributed by atoms with van der Waals surface area (Å²) in [6.07, 6.45) is 1.42. The van der Waals surface area contributed by atoms with Crippen LogP contribution in [0.1, 0.15) is 11.1 Å². The fourth-order valence-electron chi connectivity index (χ4n) is 3.44. The number of nitrogens with zero attached hydrogens (tertiary/aromatic N) is 1. The van der Waals surface area contributed by atoms with Crippen LogP contribution in [0.2, 0.25) is 0 Å². The zero-order chi connectivity index (χ0) is 22.7. The lowest BCUT2D eigenvalue weighted by Crippen LogP contribution is -2.10. The van der Waals surface area contributed by atoms with E-state index in [0.29, 0.717) is 28.9 Å². The van der Waals surface area contributed by atoms with E-state index in [-0.39, 0.29) is 9.79 Å². The van der Waals surface area contributed by atoms with Gasteiger partial charge in [0.05, 0.1) is 30.3 Å². The van der Waals surface area contributed by atoms with Crippen LogP contribution in [-0.2, 0) is 16.4 Å². The molecule has 4 rings (SSSR count). The maximum Gasteiger partial charge on any atom is 0.210 e. The first-order valence-corrected chi connectivity index (χ1v) is 11.6. The van der Waals surface area contributed by atoms with Gasteiger partial charge in [0, 0.05) is 18.1 Å². The van der Waals surface area contributed by atoms with Crippen molar-refractivity contribution in [1.29, 1.82) is 0 Å². The predicted octanol–water partition coefficient (Wildman–Crippen LogP) is 5.01. The van der Waals surface area contributed by atoms with E-state index in [0.717, 1.165) is 16.9 Å². The average molecular weight is 449 g/mol. The van der Waals surface area contributed by atoms with Crippen molar-refractivity contribution in [3.8, 4) is 11.5 Å². The Morgan fingerprint density at radius 3 is 2.19 bits per heavy atom. The number of fused-ring (bicyclic) bond motifs is 1. The number of pyridine rings is 1. The third kappa shape index (κ3) is 4.24. The van der Waals surface area contributed by atoms with Gasteiger partial charge in [-0.05, 0) is 55.0 Å². The molecular weight excluding hydrogens is 424 g/mol. The quantitative estimate of drug-likeness (QED) is 0.428. The minimum Gasteiger partial charge on any atom is -0.497 e. The summed E-state index contributed by atoms with van der Waals surface area (Å²) in [5.41, 5.74) is 3.14. The van der Waals surface area contributed by atoms with E-state index < -0.39 is 9.84 Å². The van der Waals surface area contributed by atoms with Gasteiger partial charge in [0.2, 0.25) is 9.84 Å². The van der Waals surface area contributed by atoms with Gasteiger partial charge in [-0.1, -0.05) is 29.8 Å². The van der Waals surface area contributed by atoms with Gasteiger partial charge in [0.25, 0.3) is 0 Å². The van der Waals surface area contributed by atoms with Gasteiger partial charge in [-0.3, -0.25) is 4.98 Å². The third-order valence-corrected chi connectivity index (χ3v) is 7.07. The molecule has 1 heterocycles. The summed E-state index contributed by atoms with van der Waals surface area (Å²) in [6, 6.07) is 19.8. The van der Waals surface area contributed by atoms with Crippen LogP contribution in [-0.4, -0.2) is 27.6 Å². The molecule has 1 N–H and O–H groups in total. The Labute approximate surface area is 187 Å². The molecule has 3 aromatic carbocycles. The third-order valence-electron chi connectivity index (χ3n) is 5.29. The number of sulfone groups is 1. The maximum atomic E-state index is 13.5. The molecule has 0 aliphatic rings. The minimum absolute atomic E-state index is 0.121. The summed E-state index contributed by atoms with van der Waals surface area (Å²) in [5.74, 6) is 1.38. The number of hydrogen-bond donors (Lipinski definition) is 1. The Kier molecular flexibility index (Phi) is 6.01. The van der Waals surface area contributed by atoms with Crippen molar-refractivity contribution in [2.75, 3.05) is 19.5 Å². The van der Waals surface area contributed by atoms with Gasteiger partial charge in [0.1, 0.15) is 16.4 Å². The molecule has 0 atom stereocenters. The van der Waals surface area contributed by atoms with E-state index in [9.17, 15) is 8.42 Å². The number of ether oxygens (including phenoxy) is 2. The van der Waals surface area contributed by atoms with Crippen molar-refractivity contribution in [3.05, 3.63) is 84.1 Å².